The van der Waals surface area contributed by atoms with E-state index in [2.05, 4.69) is 62.4 Å². The summed E-state index contributed by atoms with van der Waals surface area (Å²) in [6.07, 6.45) is 0. The molecular formula is C33H36Cl2O4S6. The standard InChI is InChI=1S/C32H34O4S6.CH2Cl2/c1-21-22(2)40-29(39-21)27-23-7-3-5-9-25(23)28(26-10-6-4-8-24(26)27)30-41-31-32(42-30)38-20-18-36-16-14-34-12-11-33-13-15-35-17-19-37-31;2-1-3/h3-10H,11-20H2,1-2H3;1H2. The highest BCUT2D eigenvalue weighted by Gasteiger charge is 2.25. The fourth-order valence-corrected chi connectivity index (χ4v) is 13.3. The zero-order valence-electron chi connectivity index (χ0n) is 25.2. The quantitative estimate of drug-likeness (QED) is 0.164. The average Bonchev–Trinajstić information content (AvgIpc) is 3.60. The molecule has 0 radical (unpaired) electrons. The lowest BCUT2D eigenvalue weighted by Gasteiger charge is -2.11. The zero-order valence-corrected chi connectivity index (χ0v) is 31.6. The maximum absolute atomic E-state index is 5.86. The molecule has 6 rings (SSSR count). The average molecular weight is 760 g/mol. The molecule has 3 aromatic carbocycles. The lowest BCUT2D eigenvalue weighted by atomic mass is 9.99. The van der Waals surface area contributed by atoms with Gasteiger partial charge in [0, 0.05) is 21.9 Å². The van der Waals surface area contributed by atoms with Crippen molar-refractivity contribution < 1.29 is 18.9 Å². The predicted molar refractivity (Wildman–Crippen MR) is 208 cm³/mol. The minimum atomic E-state index is 0.194. The van der Waals surface area contributed by atoms with Crippen molar-refractivity contribution in [3.8, 4) is 0 Å². The van der Waals surface area contributed by atoms with Gasteiger partial charge in [-0.25, -0.2) is 0 Å². The highest BCUT2D eigenvalue weighted by atomic mass is 35.5. The van der Waals surface area contributed by atoms with Gasteiger partial charge >= 0.3 is 0 Å². The van der Waals surface area contributed by atoms with Crippen LogP contribution in [0.1, 0.15) is 13.8 Å². The van der Waals surface area contributed by atoms with Gasteiger partial charge in [0.25, 0.3) is 0 Å². The summed E-state index contributed by atoms with van der Waals surface area (Å²) in [4.78, 5) is 2.80. The van der Waals surface area contributed by atoms with Crippen molar-refractivity contribution in [1.82, 2.24) is 0 Å². The van der Waals surface area contributed by atoms with E-state index in [-0.39, 0.29) is 5.34 Å². The molecule has 0 saturated carbocycles. The van der Waals surface area contributed by atoms with E-state index in [9.17, 15) is 0 Å². The molecule has 0 amide bonds. The number of alkyl halides is 2. The van der Waals surface area contributed by atoms with Gasteiger partial charge in [0.2, 0.25) is 0 Å². The van der Waals surface area contributed by atoms with Crippen molar-refractivity contribution in [3.05, 3.63) is 77.3 Å². The number of hydrogen-bond acceptors (Lipinski definition) is 10. The number of ether oxygens (including phenoxy) is 4. The van der Waals surface area contributed by atoms with Crippen LogP contribution in [0.2, 0.25) is 0 Å². The Labute approximate surface area is 301 Å². The van der Waals surface area contributed by atoms with Crippen molar-refractivity contribution in [1.29, 1.82) is 0 Å². The van der Waals surface area contributed by atoms with Crippen LogP contribution in [0, 0.1) is 0 Å². The third-order valence-corrected chi connectivity index (χ3v) is 15.0. The smallest absolute Gasteiger partial charge is 0.0967 e. The summed E-state index contributed by atoms with van der Waals surface area (Å²) in [7, 11) is 0. The second kappa shape index (κ2) is 19.2. The third kappa shape index (κ3) is 9.76. The number of benzene rings is 3. The molecule has 0 atom stereocenters. The van der Waals surface area contributed by atoms with Crippen LogP contribution in [0.25, 0.3) is 30.0 Å². The lowest BCUT2D eigenvalue weighted by molar-refractivity contribution is 0.00147. The highest BCUT2D eigenvalue weighted by molar-refractivity contribution is 8.45. The Bertz CT molecular complexity index is 1550. The molecule has 242 valence electrons. The Kier molecular flexibility index (Phi) is 15.4. The SMILES string of the molecule is CC1=C(C)SC(=c2c3ccccc3c(=C3SC4=C(SCCOCCOCCOCCOCCS4)S3)c3ccccc23)S1.ClCCl. The molecule has 0 unspecified atom stereocenters. The van der Waals surface area contributed by atoms with E-state index in [0.717, 1.165) is 11.5 Å². The molecule has 0 aliphatic carbocycles. The summed E-state index contributed by atoms with van der Waals surface area (Å²) in [5, 5.41) is 8.22. The van der Waals surface area contributed by atoms with Crippen LogP contribution in [0.5, 0.6) is 0 Å². The fraction of sp³-hybridized carbons (Fsp3) is 0.394. The Hall–Kier alpha value is -0.0800. The van der Waals surface area contributed by atoms with Gasteiger partial charge in [-0.3, -0.25) is 0 Å². The fourth-order valence-electron chi connectivity index (χ4n) is 4.81. The monoisotopic (exact) mass is 758 g/mol. The molecule has 0 N–H and O–H groups in total. The van der Waals surface area contributed by atoms with Crippen molar-refractivity contribution in [2.75, 3.05) is 69.7 Å². The van der Waals surface area contributed by atoms with Gasteiger partial charge in [0.05, 0.1) is 75.1 Å². The van der Waals surface area contributed by atoms with Gasteiger partial charge in [-0.05, 0) is 45.2 Å². The Morgan fingerprint density at radius 2 is 0.800 bits per heavy atom. The second-order valence-corrected chi connectivity index (χ2v) is 18.3. The van der Waals surface area contributed by atoms with E-state index in [1.165, 1.54) is 58.7 Å². The molecule has 0 fully saturated rings. The topological polar surface area (TPSA) is 36.9 Å². The maximum atomic E-state index is 5.86. The molecule has 4 nitrogen and oxygen atoms in total. The van der Waals surface area contributed by atoms with E-state index in [0.29, 0.717) is 52.9 Å². The van der Waals surface area contributed by atoms with Gasteiger partial charge < -0.3 is 18.9 Å². The molecule has 0 saturated heterocycles. The van der Waals surface area contributed by atoms with Crippen LogP contribution in [-0.4, -0.2) is 69.7 Å². The first-order valence-electron chi connectivity index (χ1n) is 14.6. The number of halogens is 2. The van der Waals surface area contributed by atoms with Crippen molar-refractivity contribution in [3.63, 3.8) is 0 Å². The highest BCUT2D eigenvalue weighted by Crippen LogP contribution is 2.58. The van der Waals surface area contributed by atoms with E-state index < -0.39 is 0 Å². The third-order valence-electron chi connectivity index (χ3n) is 6.90. The Morgan fingerprint density at radius 3 is 1.16 bits per heavy atom. The molecule has 45 heavy (non-hydrogen) atoms. The number of hydrogen-bond donors (Lipinski definition) is 0. The molecule has 3 heterocycles. The summed E-state index contributed by atoms with van der Waals surface area (Å²) in [5.41, 5.74) is 0. The normalized spacial score (nSPS) is 19.8. The van der Waals surface area contributed by atoms with Crippen LogP contribution in [-0.2, 0) is 18.9 Å². The summed E-state index contributed by atoms with van der Waals surface area (Å²) in [5.74, 6) is 1.83. The molecule has 0 spiro atoms. The van der Waals surface area contributed by atoms with E-state index in [1.54, 1.807) is 0 Å². The van der Waals surface area contributed by atoms with Crippen molar-refractivity contribution in [2.45, 2.75) is 13.8 Å². The minimum absolute atomic E-state index is 0.194. The second-order valence-electron chi connectivity index (χ2n) is 9.76. The maximum Gasteiger partial charge on any atom is 0.0967 e. The van der Waals surface area contributed by atoms with Crippen LogP contribution < -0.4 is 10.4 Å². The number of thioether (sulfide) groups is 6. The molecular weight excluding hydrogens is 724 g/mol. The number of rotatable bonds is 0. The molecule has 3 aliphatic heterocycles. The summed E-state index contributed by atoms with van der Waals surface area (Å²) in [6.45, 7) is 9.47. The van der Waals surface area contributed by atoms with Crippen molar-refractivity contribution in [2.24, 2.45) is 0 Å². The first-order chi connectivity index (χ1) is 22.1. The summed E-state index contributed by atoms with van der Waals surface area (Å²) < 4.78 is 28.4. The number of allylic oxidation sites excluding steroid dienone is 2. The Balaban J connectivity index is 0.00000128. The molecule has 3 aliphatic rings. The summed E-state index contributed by atoms with van der Waals surface area (Å²) in [6, 6.07) is 18.0. The van der Waals surface area contributed by atoms with Gasteiger partial charge in [-0.15, -0.1) is 46.7 Å². The molecule has 0 aromatic heterocycles. The van der Waals surface area contributed by atoms with Gasteiger partial charge in [-0.1, -0.05) is 95.6 Å². The van der Waals surface area contributed by atoms with Gasteiger partial charge in [0.1, 0.15) is 0 Å². The summed E-state index contributed by atoms with van der Waals surface area (Å²) >= 11 is 21.0. The van der Waals surface area contributed by atoms with E-state index in [4.69, 9.17) is 42.1 Å². The number of fused-ring (bicyclic) bond motifs is 2. The van der Waals surface area contributed by atoms with E-state index >= 15 is 0 Å². The van der Waals surface area contributed by atoms with Gasteiger partial charge in [-0.2, -0.15) is 0 Å². The van der Waals surface area contributed by atoms with E-state index in [1.807, 2.05) is 70.6 Å². The minimum Gasteiger partial charge on any atom is -0.378 e. The first-order valence-corrected chi connectivity index (χ1v) is 20.9. The van der Waals surface area contributed by atoms with Gasteiger partial charge in [0.15, 0.2) is 0 Å². The molecule has 3 aromatic rings. The largest absolute Gasteiger partial charge is 0.378 e. The van der Waals surface area contributed by atoms with Crippen LogP contribution in [0.15, 0.2) is 66.8 Å². The Morgan fingerprint density at radius 1 is 0.489 bits per heavy atom. The first kappa shape index (κ1) is 36.2. The lowest BCUT2D eigenvalue weighted by Crippen LogP contribution is -2.16. The van der Waals surface area contributed by atoms with Crippen LogP contribution in [0.3, 0.4) is 0 Å². The predicted octanol–water partition coefficient (Wildman–Crippen LogP) is 9.43. The molecule has 12 heteroatoms. The van der Waals surface area contributed by atoms with Crippen LogP contribution in [0.4, 0.5) is 0 Å². The zero-order chi connectivity index (χ0) is 31.4. The van der Waals surface area contributed by atoms with Crippen LogP contribution >= 0.6 is 93.8 Å². The van der Waals surface area contributed by atoms with Crippen molar-refractivity contribution >= 4 is 124 Å². The molecule has 0 bridgehead atoms.